The van der Waals surface area contributed by atoms with Crippen LogP contribution in [-0.4, -0.2) is 25.6 Å². The molecule has 1 aromatic rings. The topological polar surface area (TPSA) is 50.4 Å². The zero-order valence-electron chi connectivity index (χ0n) is 12.7. The molecule has 0 spiro atoms. The quantitative estimate of drug-likeness (QED) is 0.752. The van der Waals surface area contributed by atoms with Crippen LogP contribution in [0.1, 0.15) is 31.0 Å². The Morgan fingerprint density at radius 2 is 2.15 bits per heavy atom. The summed E-state index contributed by atoms with van der Waals surface area (Å²) >= 11 is 0. The highest BCUT2D eigenvalue weighted by Gasteiger charge is 2.17. The molecule has 4 nitrogen and oxygen atoms in total. The van der Waals surface area contributed by atoms with Crippen molar-refractivity contribution in [3.63, 3.8) is 0 Å². The van der Waals surface area contributed by atoms with Crippen LogP contribution in [-0.2, 0) is 4.79 Å². The lowest BCUT2D eigenvalue weighted by atomic mass is 10.0. The van der Waals surface area contributed by atoms with E-state index in [4.69, 9.17) is 4.74 Å². The van der Waals surface area contributed by atoms with Gasteiger partial charge in [0.15, 0.2) is 6.10 Å². The second-order valence-electron chi connectivity index (χ2n) is 4.85. The van der Waals surface area contributed by atoms with E-state index in [-0.39, 0.29) is 11.9 Å². The Hall–Kier alpha value is -1.81. The molecule has 0 radical (unpaired) electrons. The molecule has 0 saturated carbocycles. The number of hydrogen-bond donors (Lipinski definition) is 2. The average Bonchev–Trinajstić information content (AvgIpc) is 2.45. The van der Waals surface area contributed by atoms with E-state index in [1.165, 1.54) is 5.56 Å². The maximum atomic E-state index is 11.8. The van der Waals surface area contributed by atoms with Crippen LogP contribution >= 0.6 is 0 Å². The van der Waals surface area contributed by atoms with Crippen LogP contribution in [0, 0.1) is 6.92 Å². The van der Waals surface area contributed by atoms with E-state index in [2.05, 4.69) is 30.2 Å². The highest BCUT2D eigenvalue weighted by molar-refractivity contribution is 5.80. The summed E-state index contributed by atoms with van der Waals surface area (Å²) in [6.45, 7) is 9.85. The van der Waals surface area contributed by atoms with Gasteiger partial charge >= 0.3 is 0 Å². The van der Waals surface area contributed by atoms with Gasteiger partial charge in [0, 0.05) is 18.2 Å². The lowest BCUT2D eigenvalue weighted by molar-refractivity contribution is -0.127. The Morgan fingerprint density at radius 3 is 2.75 bits per heavy atom. The molecule has 20 heavy (non-hydrogen) atoms. The van der Waals surface area contributed by atoms with E-state index >= 15 is 0 Å². The zero-order valence-corrected chi connectivity index (χ0v) is 12.7. The molecular weight excluding hydrogens is 252 g/mol. The van der Waals surface area contributed by atoms with E-state index in [1.807, 2.05) is 26.1 Å². The first-order valence-electron chi connectivity index (χ1n) is 6.82. The number of aryl methyl sites for hydroxylation is 1. The molecule has 0 aliphatic heterocycles. The Bertz CT molecular complexity index is 472. The molecule has 2 atom stereocenters. The minimum atomic E-state index is -0.541. The van der Waals surface area contributed by atoms with Gasteiger partial charge in [-0.3, -0.25) is 4.79 Å². The van der Waals surface area contributed by atoms with Gasteiger partial charge in [-0.15, -0.1) is 6.58 Å². The summed E-state index contributed by atoms with van der Waals surface area (Å²) in [5, 5.41) is 5.92. The fraction of sp³-hybridized carbons (Fsp3) is 0.438. The molecule has 0 saturated heterocycles. The fourth-order valence-corrected chi connectivity index (χ4v) is 1.83. The largest absolute Gasteiger partial charge is 0.481 e. The smallest absolute Gasteiger partial charge is 0.261 e. The third-order valence-electron chi connectivity index (χ3n) is 3.16. The number of amides is 1. The summed E-state index contributed by atoms with van der Waals surface area (Å²) in [5.41, 5.74) is 2.22. The molecule has 2 unspecified atom stereocenters. The van der Waals surface area contributed by atoms with Gasteiger partial charge in [0.2, 0.25) is 0 Å². The molecule has 0 heterocycles. The first kappa shape index (κ1) is 16.2. The van der Waals surface area contributed by atoms with E-state index in [1.54, 1.807) is 13.0 Å². The Labute approximate surface area is 121 Å². The van der Waals surface area contributed by atoms with Crippen molar-refractivity contribution < 1.29 is 9.53 Å². The number of ether oxygens (including phenoxy) is 1. The molecule has 1 amide bonds. The van der Waals surface area contributed by atoms with Crippen LogP contribution < -0.4 is 15.4 Å². The van der Waals surface area contributed by atoms with Crippen molar-refractivity contribution in [1.29, 1.82) is 0 Å². The number of carbonyl (C=O) groups excluding carboxylic acids is 1. The summed E-state index contributed by atoms with van der Waals surface area (Å²) in [4.78, 5) is 11.8. The molecule has 0 bridgehead atoms. The lowest BCUT2D eigenvalue weighted by Crippen LogP contribution is -2.36. The number of rotatable bonds is 7. The van der Waals surface area contributed by atoms with E-state index in [0.717, 1.165) is 11.3 Å². The van der Waals surface area contributed by atoms with Crippen LogP contribution in [0.4, 0.5) is 0 Å². The Kier molecular flexibility index (Phi) is 6.25. The SMILES string of the molecule is C=CCNC(=O)C(C)Oc1ccc(C)cc1C(C)NC. The van der Waals surface area contributed by atoms with Crippen molar-refractivity contribution in [2.45, 2.75) is 32.9 Å². The highest BCUT2D eigenvalue weighted by Crippen LogP contribution is 2.27. The van der Waals surface area contributed by atoms with Crippen molar-refractivity contribution in [2.24, 2.45) is 0 Å². The number of benzene rings is 1. The number of nitrogens with one attached hydrogen (secondary N) is 2. The van der Waals surface area contributed by atoms with Crippen LogP contribution in [0.3, 0.4) is 0 Å². The summed E-state index contributed by atoms with van der Waals surface area (Å²) < 4.78 is 5.80. The summed E-state index contributed by atoms with van der Waals surface area (Å²) in [6, 6.07) is 6.13. The standard InChI is InChI=1S/C16H24N2O2/c1-6-9-18-16(19)13(4)20-15-8-7-11(2)10-14(15)12(3)17-5/h6-8,10,12-13,17H,1,9H2,2-5H3,(H,18,19). The first-order valence-corrected chi connectivity index (χ1v) is 6.82. The van der Waals surface area contributed by atoms with Gasteiger partial charge < -0.3 is 15.4 Å². The highest BCUT2D eigenvalue weighted by atomic mass is 16.5. The van der Waals surface area contributed by atoms with Gasteiger partial charge in [0.1, 0.15) is 5.75 Å². The van der Waals surface area contributed by atoms with Crippen LogP contribution in [0.2, 0.25) is 0 Å². The predicted molar refractivity (Wildman–Crippen MR) is 82.0 cm³/mol. The number of carbonyl (C=O) groups is 1. The molecule has 0 aromatic heterocycles. The number of hydrogen-bond acceptors (Lipinski definition) is 3. The minimum Gasteiger partial charge on any atom is -0.481 e. The molecule has 0 fully saturated rings. The maximum Gasteiger partial charge on any atom is 0.261 e. The van der Waals surface area contributed by atoms with Gasteiger partial charge in [-0.1, -0.05) is 23.8 Å². The van der Waals surface area contributed by atoms with Gasteiger partial charge in [0.05, 0.1) is 0 Å². The third kappa shape index (κ3) is 4.38. The van der Waals surface area contributed by atoms with Crippen molar-refractivity contribution >= 4 is 5.91 Å². The molecule has 4 heteroatoms. The van der Waals surface area contributed by atoms with Crippen molar-refractivity contribution in [3.05, 3.63) is 42.0 Å². The monoisotopic (exact) mass is 276 g/mol. The minimum absolute atomic E-state index is 0.145. The van der Waals surface area contributed by atoms with Gasteiger partial charge in [-0.25, -0.2) is 0 Å². The van der Waals surface area contributed by atoms with Crippen LogP contribution in [0.25, 0.3) is 0 Å². The summed E-state index contributed by atoms with van der Waals surface area (Å²) in [7, 11) is 1.90. The summed E-state index contributed by atoms with van der Waals surface area (Å²) in [5.74, 6) is 0.590. The van der Waals surface area contributed by atoms with E-state index in [0.29, 0.717) is 6.54 Å². The molecular formula is C16H24N2O2. The summed E-state index contributed by atoms with van der Waals surface area (Å²) in [6.07, 6.45) is 1.10. The Morgan fingerprint density at radius 1 is 1.45 bits per heavy atom. The normalized spacial score (nSPS) is 13.4. The molecule has 0 aliphatic rings. The van der Waals surface area contributed by atoms with Crippen LogP contribution in [0.15, 0.2) is 30.9 Å². The van der Waals surface area contributed by atoms with E-state index in [9.17, 15) is 4.79 Å². The first-order chi connectivity index (χ1) is 9.49. The molecule has 1 rings (SSSR count). The lowest BCUT2D eigenvalue weighted by Gasteiger charge is -2.20. The Balaban J connectivity index is 2.85. The second kappa shape index (κ2) is 7.70. The molecule has 110 valence electrons. The third-order valence-corrected chi connectivity index (χ3v) is 3.16. The molecule has 0 aliphatic carbocycles. The zero-order chi connectivity index (χ0) is 15.1. The van der Waals surface area contributed by atoms with Gasteiger partial charge in [0.25, 0.3) is 5.91 Å². The van der Waals surface area contributed by atoms with Gasteiger partial charge in [-0.05, 0) is 33.9 Å². The predicted octanol–water partition coefficient (Wildman–Crippen LogP) is 2.34. The fourth-order valence-electron chi connectivity index (χ4n) is 1.83. The maximum absolute atomic E-state index is 11.8. The van der Waals surface area contributed by atoms with E-state index < -0.39 is 6.10 Å². The van der Waals surface area contributed by atoms with Crippen LogP contribution in [0.5, 0.6) is 5.75 Å². The second-order valence-corrected chi connectivity index (χ2v) is 4.85. The molecule has 1 aromatic carbocycles. The van der Waals surface area contributed by atoms with Crippen molar-refractivity contribution in [3.8, 4) is 5.75 Å². The van der Waals surface area contributed by atoms with Gasteiger partial charge in [-0.2, -0.15) is 0 Å². The van der Waals surface area contributed by atoms with Crippen molar-refractivity contribution in [1.82, 2.24) is 10.6 Å². The average molecular weight is 276 g/mol. The molecule has 2 N–H and O–H groups in total. The van der Waals surface area contributed by atoms with Crippen molar-refractivity contribution in [2.75, 3.05) is 13.6 Å².